The lowest BCUT2D eigenvalue weighted by molar-refractivity contribution is -0.117. The van der Waals surface area contributed by atoms with Gasteiger partial charge in [-0.05, 0) is 49.2 Å². The number of hydrogen-bond donors (Lipinski definition) is 3. The van der Waals surface area contributed by atoms with Gasteiger partial charge < -0.3 is 21.1 Å². The zero-order chi connectivity index (χ0) is 19.1. The monoisotopic (exact) mass is 350 g/mol. The van der Waals surface area contributed by atoms with Gasteiger partial charge in [0.15, 0.2) is 0 Å². The highest BCUT2D eigenvalue weighted by molar-refractivity contribution is 5.97. The van der Waals surface area contributed by atoms with E-state index >= 15 is 0 Å². The summed E-state index contributed by atoms with van der Waals surface area (Å²) in [5.74, 6) is 0.277. The van der Waals surface area contributed by atoms with E-state index in [0.717, 1.165) is 16.9 Å². The van der Waals surface area contributed by atoms with E-state index in [-0.39, 0.29) is 11.6 Å². The van der Waals surface area contributed by atoms with Crippen LogP contribution in [-0.4, -0.2) is 13.0 Å². The number of carbonyl (C=O) groups excluding carboxylic acids is 1. The molecule has 134 valence electrons. The maximum absolute atomic E-state index is 12.3. The van der Waals surface area contributed by atoms with Crippen molar-refractivity contribution in [2.24, 2.45) is 0 Å². The zero-order valence-electron chi connectivity index (χ0n) is 15.0. The molecule has 2 aromatic rings. The van der Waals surface area contributed by atoms with Crippen LogP contribution in [0.3, 0.4) is 0 Å². The summed E-state index contributed by atoms with van der Waals surface area (Å²) in [7, 11) is 1.60. The normalized spacial score (nSPS) is 12.0. The summed E-state index contributed by atoms with van der Waals surface area (Å²) in [5.41, 5.74) is 9.01. The van der Waals surface area contributed by atoms with Gasteiger partial charge in [-0.15, -0.1) is 0 Å². The molecule has 0 fully saturated rings. The van der Waals surface area contributed by atoms with Gasteiger partial charge in [0.1, 0.15) is 17.4 Å². The highest BCUT2D eigenvalue weighted by atomic mass is 16.5. The van der Waals surface area contributed by atoms with E-state index in [9.17, 15) is 10.1 Å². The molecule has 0 aliphatic rings. The van der Waals surface area contributed by atoms with Crippen molar-refractivity contribution >= 4 is 17.3 Å². The van der Waals surface area contributed by atoms with Crippen LogP contribution in [0.15, 0.2) is 54.2 Å². The molecule has 0 saturated heterocycles. The van der Waals surface area contributed by atoms with Crippen molar-refractivity contribution in [3.05, 3.63) is 65.4 Å². The first-order valence-electron chi connectivity index (χ1n) is 8.12. The van der Waals surface area contributed by atoms with Gasteiger partial charge in [0.2, 0.25) is 0 Å². The molecule has 0 saturated carbocycles. The Morgan fingerprint density at radius 1 is 1.27 bits per heavy atom. The van der Waals surface area contributed by atoms with E-state index in [4.69, 9.17) is 10.5 Å². The largest absolute Gasteiger partial charge is 0.497 e. The second-order valence-corrected chi connectivity index (χ2v) is 5.87. The van der Waals surface area contributed by atoms with Crippen LogP contribution >= 0.6 is 0 Å². The minimum Gasteiger partial charge on any atom is -0.497 e. The number of nitrogens with one attached hydrogen (secondary N) is 2. The number of benzene rings is 2. The number of rotatable bonds is 6. The van der Waals surface area contributed by atoms with Gasteiger partial charge in [0.05, 0.1) is 24.5 Å². The van der Waals surface area contributed by atoms with Crippen LogP contribution in [0.5, 0.6) is 5.75 Å². The Hall–Kier alpha value is -3.46. The number of nitriles is 1. The van der Waals surface area contributed by atoms with Crippen LogP contribution in [0.1, 0.15) is 24.1 Å². The maximum atomic E-state index is 12.3. The lowest BCUT2D eigenvalue weighted by atomic mass is 10.1. The predicted molar refractivity (Wildman–Crippen MR) is 102 cm³/mol. The smallest absolute Gasteiger partial charge is 0.263 e. The van der Waals surface area contributed by atoms with Gasteiger partial charge in [-0.2, -0.15) is 5.26 Å². The van der Waals surface area contributed by atoms with E-state index in [0.29, 0.717) is 11.4 Å². The van der Waals surface area contributed by atoms with Crippen LogP contribution in [0, 0.1) is 18.3 Å². The molecule has 4 N–H and O–H groups in total. The van der Waals surface area contributed by atoms with Gasteiger partial charge in [0, 0.05) is 6.20 Å². The molecule has 0 heterocycles. The molecule has 1 amide bonds. The summed E-state index contributed by atoms with van der Waals surface area (Å²) < 4.78 is 5.12. The Kier molecular flexibility index (Phi) is 6.23. The first-order chi connectivity index (χ1) is 12.4. The minimum atomic E-state index is -0.464. The predicted octanol–water partition coefficient (Wildman–Crippen LogP) is 3.28. The highest BCUT2D eigenvalue weighted by Gasteiger charge is 2.14. The van der Waals surface area contributed by atoms with Crippen molar-refractivity contribution < 1.29 is 9.53 Å². The number of nitrogens with two attached hydrogens (primary N) is 1. The number of nitrogen functional groups attached to an aromatic ring is 1. The molecule has 0 spiro atoms. The number of nitrogens with zero attached hydrogens (tertiary/aromatic N) is 1. The van der Waals surface area contributed by atoms with Crippen LogP contribution in [0.2, 0.25) is 0 Å². The van der Waals surface area contributed by atoms with Gasteiger partial charge in [-0.3, -0.25) is 4.79 Å². The van der Waals surface area contributed by atoms with Gasteiger partial charge in [-0.1, -0.05) is 18.2 Å². The molecule has 1 unspecified atom stereocenters. The van der Waals surface area contributed by atoms with Crippen molar-refractivity contribution in [1.82, 2.24) is 5.32 Å². The molecule has 6 heteroatoms. The highest BCUT2D eigenvalue weighted by Crippen LogP contribution is 2.20. The molecule has 0 radical (unpaired) electrons. The van der Waals surface area contributed by atoms with E-state index in [1.54, 1.807) is 13.2 Å². The molecular weight excluding hydrogens is 328 g/mol. The van der Waals surface area contributed by atoms with Gasteiger partial charge >= 0.3 is 0 Å². The van der Waals surface area contributed by atoms with E-state index in [1.807, 2.05) is 56.3 Å². The number of ether oxygens (including phenoxy) is 1. The van der Waals surface area contributed by atoms with Crippen molar-refractivity contribution in [3.8, 4) is 11.8 Å². The fraction of sp³-hybridized carbons (Fsp3) is 0.200. The minimum absolute atomic E-state index is 0.0367. The molecule has 6 nitrogen and oxygen atoms in total. The first kappa shape index (κ1) is 18.9. The SMILES string of the molecule is COc1ccc(C(C)NC(=O)/C(C#N)=C\Nc2ccc(C)cc2N)cc1. The molecule has 0 bridgehead atoms. The number of hydrogen-bond acceptors (Lipinski definition) is 5. The van der Waals surface area contributed by atoms with Crippen molar-refractivity contribution in [2.45, 2.75) is 19.9 Å². The number of carbonyl (C=O) groups is 1. The van der Waals surface area contributed by atoms with Crippen molar-refractivity contribution in [2.75, 3.05) is 18.2 Å². The van der Waals surface area contributed by atoms with E-state index < -0.39 is 5.91 Å². The zero-order valence-corrected chi connectivity index (χ0v) is 15.0. The van der Waals surface area contributed by atoms with Crippen molar-refractivity contribution in [3.63, 3.8) is 0 Å². The number of aryl methyl sites for hydroxylation is 1. The molecule has 0 aromatic heterocycles. The lowest BCUT2D eigenvalue weighted by Gasteiger charge is -2.14. The van der Waals surface area contributed by atoms with Gasteiger partial charge in [0.25, 0.3) is 5.91 Å². The molecule has 26 heavy (non-hydrogen) atoms. The molecule has 2 aromatic carbocycles. The maximum Gasteiger partial charge on any atom is 0.263 e. The third-order valence-corrected chi connectivity index (χ3v) is 3.91. The second-order valence-electron chi connectivity index (χ2n) is 5.87. The fourth-order valence-corrected chi connectivity index (χ4v) is 2.36. The number of amides is 1. The summed E-state index contributed by atoms with van der Waals surface area (Å²) in [5, 5.41) is 15.0. The Morgan fingerprint density at radius 2 is 1.96 bits per heavy atom. The standard InChI is InChI=1S/C20H22N4O2/c1-13-4-9-19(18(22)10-13)23-12-16(11-21)20(25)24-14(2)15-5-7-17(26-3)8-6-15/h4-10,12,14,23H,22H2,1-3H3,(H,24,25)/b16-12-. The Labute approximate surface area is 153 Å². The van der Waals surface area contributed by atoms with Crippen LogP contribution < -0.4 is 21.1 Å². The van der Waals surface area contributed by atoms with Crippen LogP contribution in [-0.2, 0) is 4.79 Å². The summed E-state index contributed by atoms with van der Waals surface area (Å²) in [6, 6.07) is 14.5. The first-order valence-corrected chi connectivity index (χ1v) is 8.12. The Bertz CT molecular complexity index is 851. The quantitative estimate of drug-likeness (QED) is 0.422. The topological polar surface area (TPSA) is 100 Å². The van der Waals surface area contributed by atoms with Crippen LogP contribution in [0.4, 0.5) is 11.4 Å². The Morgan fingerprint density at radius 3 is 2.54 bits per heavy atom. The summed E-state index contributed by atoms with van der Waals surface area (Å²) >= 11 is 0. The molecule has 0 aliphatic carbocycles. The molecule has 1 atom stereocenters. The third-order valence-electron chi connectivity index (χ3n) is 3.91. The Balaban J connectivity index is 2.06. The van der Waals surface area contributed by atoms with Gasteiger partial charge in [-0.25, -0.2) is 0 Å². The number of methoxy groups -OCH3 is 1. The summed E-state index contributed by atoms with van der Waals surface area (Å²) in [4.78, 5) is 12.3. The number of anilines is 2. The average Bonchev–Trinajstić information content (AvgIpc) is 2.63. The van der Waals surface area contributed by atoms with Crippen molar-refractivity contribution in [1.29, 1.82) is 5.26 Å². The van der Waals surface area contributed by atoms with E-state index in [1.165, 1.54) is 6.20 Å². The fourth-order valence-electron chi connectivity index (χ4n) is 2.36. The molecular formula is C20H22N4O2. The summed E-state index contributed by atoms with van der Waals surface area (Å²) in [6.07, 6.45) is 1.36. The molecule has 2 rings (SSSR count). The third kappa shape index (κ3) is 4.77. The van der Waals surface area contributed by atoms with E-state index in [2.05, 4.69) is 10.6 Å². The lowest BCUT2D eigenvalue weighted by Crippen LogP contribution is -2.28. The molecule has 0 aliphatic heterocycles. The van der Waals surface area contributed by atoms with Crippen LogP contribution in [0.25, 0.3) is 0 Å². The second kappa shape index (κ2) is 8.58. The average molecular weight is 350 g/mol. The summed E-state index contributed by atoms with van der Waals surface area (Å²) in [6.45, 7) is 3.78.